The van der Waals surface area contributed by atoms with Gasteiger partial charge in [0.2, 0.25) is 0 Å². The lowest BCUT2D eigenvalue weighted by atomic mass is 9.98. The number of halogens is 1. The number of fused-ring (bicyclic) bond motifs is 1. The summed E-state index contributed by atoms with van der Waals surface area (Å²) in [5, 5.41) is 2.98. The Hall–Kier alpha value is -1.45. The predicted molar refractivity (Wildman–Crippen MR) is 49.6 cm³/mol. The maximum atomic E-state index is 12.9. The van der Waals surface area contributed by atoms with Gasteiger partial charge in [-0.2, -0.15) is 4.91 Å². The number of nitrogens with zero attached hydrogens (tertiary/aromatic N) is 1. The molecule has 2 rings (SSSR count). The highest BCUT2D eigenvalue weighted by atomic mass is 19.1. The Morgan fingerprint density at radius 3 is 3.07 bits per heavy atom. The van der Waals surface area contributed by atoms with E-state index in [0.717, 1.165) is 0 Å². The molecule has 0 bridgehead atoms. The van der Waals surface area contributed by atoms with Crippen LogP contribution in [0.5, 0.6) is 5.75 Å². The van der Waals surface area contributed by atoms with Crippen LogP contribution in [-0.2, 0) is 0 Å². The maximum Gasteiger partial charge on any atom is 0.125 e. The Labute approximate surface area is 80.9 Å². The van der Waals surface area contributed by atoms with E-state index in [2.05, 4.69) is 5.18 Å². The Morgan fingerprint density at radius 1 is 1.57 bits per heavy atom. The predicted octanol–water partition coefficient (Wildman–Crippen LogP) is 2.80. The Balaban J connectivity index is 2.46. The summed E-state index contributed by atoms with van der Waals surface area (Å²) in [6, 6.07) is 3.69. The minimum atomic E-state index is -0.482. The lowest BCUT2D eigenvalue weighted by molar-refractivity contribution is 0.176. The minimum absolute atomic E-state index is 0.0457. The van der Waals surface area contributed by atoms with E-state index in [0.29, 0.717) is 17.7 Å². The second-order valence-corrected chi connectivity index (χ2v) is 3.47. The highest BCUT2D eigenvalue weighted by Gasteiger charge is 2.26. The van der Waals surface area contributed by atoms with E-state index in [1.165, 1.54) is 12.1 Å². The van der Waals surface area contributed by atoms with Gasteiger partial charge in [0, 0.05) is 12.0 Å². The van der Waals surface area contributed by atoms with Gasteiger partial charge in [0.1, 0.15) is 17.6 Å². The lowest BCUT2D eigenvalue weighted by Crippen LogP contribution is -2.21. The molecule has 1 aromatic carbocycles. The topological polar surface area (TPSA) is 38.7 Å². The monoisotopic (exact) mass is 195 g/mol. The van der Waals surface area contributed by atoms with Gasteiger partial charge in [-0.05, 0) is 25.1 Å². The van der Waals surface area contributed by atoms with Crippen LogP contribution >= 0.6 is 0 Å². The van der Waals surface area contributed by atoms with E-state index in [-0.39, 0.29) is 11.9 Å². The van der Waals surface area contributed by atoms with Gasteiger partial charge in [-0.15, -0.1) is 0 Å². The third kappa shape index (κ3) is 1.47. The zero-order valence-corrected chi connectivity index (χ0v) is 7.74. The number of hydrogen-bond donors (Lipinski definition) is 0. The van der Waals surface area contributed by atoms with Crippen molar-refractivity contribution in [2.24, 2.45) is 5.18 Å². The van der Waals surface area contributed by atoms with E-state index < -0.39 is 6.04 Å². The highest BCUT2D eigenvalue weighted by Crippen LogP contribution is 2.37. The molecule has 1 aliphatic heterocycles. The van der Waals surface area contributed by atoms with Crippen molar-refractivity contribution in [3.05, 3.63) is 34.5 Å². The molecule has 4 heteroatoms. The minimum Gasteiger partial charge on any atom is -0.490 e. The van der Waals surface area contributed by atoms with Crippen LogP contribution in [0.3, 0.4) is 0 Å². The van der Waals surface area contributed by atoms with Crippen molar-refractivity contribution in [2.75, 3.05) is 0 Å². The molecule has 0 N–H and O–H groups in total. The number of nitroso groups, excluding NO2 is 1. The zero-order valence-electron chi connectivity index (χ0n) is 7.74. The van der Waals surface area contributed by atoms with Crippen LogP contribution in [0.4, 0.5) is 4.39 Å². The van der Waals surface area contributed by atoms with Crippen molar-refractivity contribution in [1.29, 1.82) is 0 Å². The molecule has 14 heavy (non-hydrogen) atoms. The number of hydrogen-bond acceptors (Lipinski definition) is 3. The molecule has 1 heterocycles. The maximum absolute atomic E-state index is 12.9. The molecular formula is C10H10FNO2. The fraction of sp³-hybridized carbons (Fsp3) is 0.400. The molecule has 74 valence electrons. The zero-order chi connectivity index (χ0) is 10.1. The summed E-state index contributed by atoms with van der Waals surface area (Å²) in [5.41, 5.74) is 0.554. The smallest absolute Gasteiger partial charge is 0.125 e. The molecule has 2 atom stereocenters. The largest absolute Gasteiger partial charge is 0.490 e. The van der Waals surface area contributed by atoms with Crippen molar-refractivity contribution in [3.8, 4) is 5.75 Å². The van der Waals surface area contributed by atoms with Gasteiger partial charge in [-0.3, -0.25) is 0 Å². The summed E-state index contributed by atoms with van der Waals surface area (Å²) in [5.74, 6) is 0.199. The molecule has 0 aliphatic carbocycles. The van der Waals surface area contributed by atoms with Crippen LogP contribution in [0.25, 0.3) is 0 Å². The number of ether oxygens (including phenoxy) is 1. The molecule has 1 aliphatic rings. The summed E-state index contributed by atoms with van der Waals surface area (Å²) in [7, 11) is 0. The van der Waals surface area contributed by atoms with Crippen LogP contribution in [0.2, 0.25) is 0 Å². The second-order valence-electron chi connectivity index (χ2n) is 3.47. The average molecular weight is 195 g/mol. The van der Waals surface area contributed by atoms with E-state index >= 15 is 0 Å². The Kier molecular flexibility index (Phi) is 2.19. The van der Waals surface area contributed by atoms with Crippen LogP contribution in [0.1, 0.15) is 24.9 Å². The first-order chi connectivity index (χ1) is 6.70. The third-order valence-electron chi connectivity index (χ3n) is 2.34. The first-order valence-electron chi connectivity index (χ1n) is 4.49. The highest BCUT2D eigenvalue weighted by molar-refractivity contribution is 5.38. The normalized spacial score (nSPS) is 25.0. The van der Waals surface area contributed by atoms with E-state index in [1.807, 2.05) is 6.92 Å². The van der Waals surface area contributed by atoms with E-state index in [4.69, 9.17) is 4.74 Å². The molecule has 0 fully saturated rings. The molecule has 0 saturated heterocycles. The molecule has 3 nitrogen and oxygen atoms in total. The van der Waals surface area contributed by atoms with E-state index in [1.54, 1.807) is 6.07 Å². The first-order valence-corrected chi connectivity index (χ1v) is 4.49. The lowest BCUT2D eigenvalue weighted by Gasteiger charge is -2.26. The van der Waals surface area contributed by atoms with Crippen molar-refractivity contribution in [1.82, 2.24) is 0 Å². The number of rotatable bonds is 1. The van der Waals surface area contributed by atoms with Gasteiger partial charge < -0.3 is 4.74 Å². The van der Waals surface area contributed by atoms with Crippen molar-refractivity contribution in [2.45, 2.75) is 25.5 Å². The van der Waals surface area contributed by atoms with Crippen LogP contribution in [0, 0.1) is 10.7 Å². The summed E-state index contributed by atoms with van der Waals surface area (Å²) in [6.45, 7) is 1.87. The average Bonchev–Trinajstić information content (AvgIpc) is 2.17. The second kappa shape index (κ2) is 3.36. The van der Waals surface area contributed by atoms with Crippen molar-refractivity contribution in [3.63, 3.8) is 0 Å². The fourth-order valence-corrected chi connectivity index (χ4v) is 1.69. The molecule has 0 saturated carbocycles. The van der Waals surface area contributed by atoms with Gasteiger partial charge >= 0.3 is 0 Å². The standard InChI is InChI=1S/C10H10FNO2/c1-6-4-9(12-13)8-5-7(11)2-3-10(8)14-6/h2-3,5-6,9H,4H2,1H3. The van der Waals surface area contributed by atoms with Gasteiger partial charge in [0.15, 0.2) is 0 Å². The molecular weight excluding hydrogens is 185 g/mol. The van der Waals surface area contributed by atoms with Gasteiger partial charge in [0.25, 0.3) is 0 Å². The molecule has 2 unspecified atom stereocenters. The summed E-state index contributed by atoms with van der Waals surface area (Å²) < 4.78 is 18.4. The van der Waals surface area contributed by atoms with E-state index in [9.17, 15) is 9.30 Å². The summed E-state index contributed by atoms with van der Waals surface area (Å²) in [4.78, 5) is 10.6. The summed E-state index contributed by atoms with van der Waals surface area (Å²) in [6.07, 6.45) is 0.468. The van der Waals surface area contributed by atoms with Crippen LogP contribution in [0.15, 0.2) is 23.4 Å². The first kappa shape index (κ1) is 9.12. The van der Waals surface area contributed by atoms with Gasteiger partial charge in [0.05, 0.1) is 6.10 Å². The van der Waals surface area contributed by atoms with Crippen molar-refractivity contribution >= 4 is 0 Å². The van der Waals surface area contributed by atoms with Gasteiger partial charge in [-0.1, -0.05) is 5.18 Å². The molecule has 0 spiro atoms. The quantitative estimate of drug-likeness (QED) is 0.646. The van der Waals surface area contributed by atoms with Gasteiger partial charge in [-0.25, -0.2) is 4.39 Å². The van der Waals surface area contributed by atoms with Crippen molar-refractivity contribution < 1.29 is 9.13 Å². The summed E-state index contributed by atoms with van der Waals surface area (Å²) >= 11 is 0. The number of benzene rings is 1. The Morgan fingerprint density at radius 2 is 2.36 bits per heavy atom. The molecule has 0 aromatic heterocycles. The van der Waals surface area contributed by atoms with Crippen LogP contribution < -0.4 is 4.74 Å². The van der Waals surface area contributed by atoms with Crippen LogP contribution in [-0.4, -0.2) is 6.10 Å². The molecule has 0 amide bonds. The fourth-order valence-electron chi connectivity index (χ4n) is 1.69. The molecule has 0 radical (unpaired) electrons. The SMILES string of the molecule is CC1CC(N=O)c2cc(F)ccc2O1. The molecule has 1 aromatic rings. The Bertz CT molecular complexity index is 367. The third-order valence-corrected chi connectivity index (χ3v) is 2.34.